The van der Waals surface area contributed by atoms with Crippen LogP contribution in [0.4, 0.5) is 32.4 Å². The van der Waals surface area contributed by atoms with E-state index < -0.39 is 53.2 Å². The van der Waals surface area contributed by atoms with Crippen LogP contribution in [0.1, 0.15) is 72.7 Å². The molecule has 2 aliphatic carbocycles. The van der Waals surface area contributed by atoms with E-state index in [2.05, 4.69) is 20.7 Å². The lowest BCUT2D eigenvalue weighted by Crippen LogP contribution is -2.46. The first kappa shape index (κ1) is 37.6. The molecule has 2 aromatic heterocycles. The number of carbonyl (C=O) groups excluding carboxylic acids is 4. The molecule has 3 aromatic rings. The summed E-state index contributed by atoms with van der Waals surface area (Å²) in [5, 5.41) is 8.96. The molecular weight excluding hydrogens is 743 g/mol. The molecule has 1 unspecified atom stereocenters. The molecule has 19 heteroatoms. The van der Waals surface area contributed by atoms with Crippen LogP contribution < -0.4 is 10.6 Å². The largest absolute Gasteiger partial charge is 0.444 e. The van der Waals surface area contributed by atoms with E-state index in [0.717, 1.165) is 17.0 Å². The fraction of sp³-hybridized carbons (Fsp3) is 0.543. The van der Waals surface area contributed by atoms with E-state index in [-0.39, 0.29) is 63.6 Å². The van der Waals surface area contributed by atoms with E-state index in [4.69, 9.17) is 16.3 Å². The molecule has 4 atom stereocenters. The number of rotatable bonds is 7. The van der Waals surface area contributed by atoms with E-state index in [0.29, 0.717) is 43.7 Å². The van der Waals surface area contributed by atoms with Crippen molar-refractivity contribution in [2.45, 2.75) is 69.8 Å². The molecule has 4 fully saturated rings. The van der Waals surface area contributed by atoms with Crippen LogP contribution in [0, 0.1) is 17.8 Å². The molecule has 2 N–H and O–H groups in total. The van der Waals surface area contributed by atoms with Crippen molar-refractivity contribution >= 4 is 41.1 Å². The number of benzene rings is 1. The number of hydrogen-bond acceptors (Lipinski definition) is 7. The molecule has 0 radical (unpaired) electrons. The maximum Gasteiger partial charge on any atom is 0.435 e. The monoisotopic (exact) mass is 780 g/mol. The van der Waals surface area contributed by atoms with Gasteiger partial charge in [-0.3, -0.25) is 19.1 Å². The molecule has 7 rings (SSSR count). The van der Waals surface area contributed by atoms with Gasteiger partial charge in [-0.15, -0.1) is 0 Å². The summed E-state index contributed by atoms with van der Waals surface area (Å²) in [5.41, 5.74) is -2.30. The third-order valence-electron chi connectivity index (χ3n) is 10.4. The van der Waals surface area contributed by atoms with E-state index in [1.54, 1.807) is 4.90 Å². The molecule has 4 aliphatic rings. The maximum atomic E-state index is 13.8. The smallest absolute Gasteiger partial charge is 0.435 e. The van der Waals surface area contributed by atoms with Crippen LogP contribution in [0.25, 0.3) is 11.3 Å². The molecule has 4 heterocycles. The zero-order valence-electron chi connectivity index (χ0n) is 29.7. The van der Waals surface area contributed by atoms with Crippen LogP contribution in [0.15, 0.2) is 30.6 Å². The highest BCUT2D eigenvalue weighted by Gasteiger charge is 2.60. The maximum absolute atomic E-state index is 13.8. The quantitative estimate of drug-likeness (QED) is 0.297. The lowest BCUT2D eigenvalue weighted by atomic mass is 9.95. The molecule has 54 heavy (non-hydrogen) atoms. The van der Waals surface area contributed by atoms with E-state index >= 15 is 0 Å². The third kappa shape index (κ3) is 7.36. The first-order valence-electron chi connectivity index (χ1n) is 17.5. The lowest BCUT2D eigenvalue weighted by Gasteiger charge is -2.34. The Bertz CT molecular complexity index is 2010. The number of hydrogen-bond donors (Lipinski definition) is 2. The molecule has 1 aromatic carbocycles. The van der Waals surface area contributed by atoms with Crippen molar-refractivity contribution in [1.29, 1.82) is 0 Å². The number of fused-ring (bicyclic) bond motifs is 1. The van der Waals surface area contributed by atoms with Gasteiger partial charge in [0.2, 0.25) is 5.91 Å². The summed E-state index contributed by atoms with van der Waals surface area (Å²) >= 11 is 6.43. The zero-order valence-corrected chi connectivity index (χ0v) is 30.5. The summed E-state index contributed by atoms with van der Waals surface area (Å²) in [6, 6.07) is 2.59. The molecule has 2 saturated heterocycles. The van der Waals surface area contributed by atoms with Crippen molar-refractivity contribution in [3.63, 3.8) is 0 Å². The summed E-state index contributed by atoms with van der Waals surface area (Å²) < 4.78 is 75.7. The van der Waals surface area contributed by atoms with Crippen molar-refractivity contribution in [3.8, 4) is 11.3 Å². The highest BCUT2D eigenvalue weighted by Crippen LogP contribution is 2.53. The van der Waals surface area contributed by atoms with E-state index in [9.17, 15) is 41.1 Å². The number of anilines is 1. The highest BCUT2D eigenvalue weighted by molar-refractivity contribution is 6.34. The molecular formula is C35H38ClF5N8O5. The number of carbonyl (C=O) groups is 4. The molecule has 2 saturated carbocycles. The third-order valence-corrected chi connectivity index (χ3v) is 10.7. The van der Waals surface area contributed by atoms with Gasteiger partial charge in [-0.1, -0.05) is 11.6 Å². The van der Waals surface area contributed by atoms with Crippen molar-refractivity contribution < 1.29 is 45.9 Å². The second-order valence-corrected chi connectivity index (χ2v) is 15.7. The number of ether oxygens (including phenoxy) is 1. The van der Waals surface area contributed by atoms with Crippen LogP contribution in [0.2, 0.25) is 5.02 Å². The summed E-state index contributed by atoms with van der Waals surface area (Å²) in [6.45, 7) is 7.36. The number of aromatic nitrogens is 4. The normalized spacial score (nSPS) is 23.5. The summed E-state index contributed by atoms with van der Waals surface area (Å²) in [5.74, 6) is -4.57. The lowest BCUT2D eigenvalue weighted by molar-refractivity contribution is -0.141. The average Bonchev–Trinajstić information content (AvgIpc) is 3.58. The Morgan fingerprint density at radius 3 is 2.22 bits per heavy atom. The second-order valence-electron chi connectivity index (χ2n) is 15.3. The number of nitrogens with zero attached hydrogens (tertiary/aromatic N) is 6. The Morgan fingerprint density at radius 1 is 1.00 bits per heavy atom. The Hall–Kier alpha value is -4.74. The van der Waals surface area contributed by atoms with Crippen molar-refractivity contribution in [1.82, 2.24) is 34.4 Å². The summed E-state index contributed by atoms with van der Waals surface area (Å²) in [6.07, 6.45) is -2.94. The van der Waals surface area contributed by atoms with Gasteiger partial charge in [-0.2, -0.15) is 18.3 Å². The number of halogens is 6. The Labute approximate surface area is 311 Å². The predicted octanol–water partition coefficient (Wildman–Crippen LogP) is 5.62. The van der Waals surface area contributed by atoms with Gasteiger partial charge >= 0.3 is 12.3 Å². The van der Waals surface area contributed by atoms with Gasteiger partial charge in [0.25, 0.3) is 17.7 Å². The van der Waals surface area contributed by atoms with Gasteiger partial charge in [0.1, 0.15) is 11.6 Å². The molecule has 4 amide bonds. The summed E-state index contributed by atoms with van der Waals surface area (Å²) in [7, 11) is 1.31. The zero-order chi connectivity index (χ0) is 39.1. The molecule has 290 valence electrons. The molecule has 2 aliphatic heterocycles. The number of amides is 4. The fourth-order valence-corrected chi connectivity index (χ4v) is 7.58. The van der Waals surface area contributed by atoms with Crippen molar-refractivity contribution in [2.24, 2.45) is 24.8 Å². The van der Waals surface area contributed by atoms with Crippen LogP contribution in [0.3, 0.4) is 0 Å². The summed E-state index contributed by atoms with van der Waals surface area (Å²) in [4.78, 5) is 59.3. The van der Waals surface area contributed by atoms with Gasteiger partial charge in [-0.05, 0) is 51.8 Å². The van der Waals surface area contributed by atoms with Gasteiger partial charge in [0, 0.05) is 75.3 Å². The first-order valence-corrected chi connectivity index (χ1v) is 17.8. The average molecular weight is 781 g/mol. The Balaban J connectivity index is 0.917. The van der Waals surface area contributed by atoms with Crippen LogP contribution in [-0.4, -0.2) is 96.7 Å². The predicted molar refractivity (Wildman–Crippen MR) is 183 cm³/mol. The number of likely N-dealkylation sites (tertiary alicyclic amines) is 2. The highest BCUT2D eigenvalue weighted by atomic mass is 35.5. The van der Waals surface area contributed by atoms with E-state index in [1.165, 1.54) is 25.2 Å². The first-order chi connectivity index (χ1) is 25.2. The minimum atomic E-state index is -4.95. The van der Waals surface area contributed by atoms with Crippen LogP contribution in [-0.2, 0) is 22.8 Å². The minimum Gasteiger partial charge on any atom is -0.444 e. The van der Waals surface area contributed by atoms with Gasteiger partial charge < -0.3 is 29.7 Å². The Morgan fingerprint density at radius 2 is 1.65 bits per heavy atom. The van der Waals surface area contributed by atoms with E-state index in [1.807, 2.05) is 25.7 Å². The minimum absolute atomic E-state index is 0.0327. The second kappa shape index (κ2) is 13.2. The number of alkyl halides is 5. The number of nitrogens with one attached hydrogen (secondary N) is 2. The number of imidazole rings is 1. The van der Waals surface area contributed by atoms with Gasteiger partial charge in [0.05, 0.1) is 28.0 Å². The van der Waals surface area contributed by atoms with Crippen LogP contribution in [0.5, 0.6) is 0 Å². The molecule has 0 bridgehead atoms. The standard InChI is InChI=1S/C35H38ClF5N8O5/c1-33(2,3)54-32(53)47-9-7-17(8-10-47)31(52)48-14-20-21(15-48)26(20)44-29(50)19-6-5-18(11-23(19)36)43-30(51)28-42-13-24(46(28)4)22-16-49(25-12-34(25,37)38)45-27(22)35(39,40)41/h5-6,11,13,16-17,20-21,25-26H,7-10,12,14-15H2,1-4H3,(H,43,51)(H,44,50)/t20-,21+,25?,26+. The number of piperidine rings is 2. The topological polar surface area (TPSA) is 144 Å². The van der Waals surface area contributed by atoms with Crippen molar-refractivity contribution in [2.75, 3.05) is 31.5 Å². The van der Waals surface area contributed by atoms with Crippen molar-refractivity contribution in [3.05, 3.63) is 52.7 Å². The van der Waals surface area contributed by atoms with Gasteiger partial charge in [0.15, 0.2) is 11.5 Å². The van der Waals surface area contributed by atoms with Crippen LogP contribution >= 0.6 is 11.6 Å². The SMILES string of the molecule is Cn1c(-c2cn(C3CC3(F)F)nc2C(F)(F)F)cnc1C(=O)Nc1ccc(C(=O)N[C@H]2[C@@H]3CN(C(=O)C4CCN(C(=O)OC(C)(C)C)CC4)C[C@@H]32)c(Cl)c1. The molecule has 13 nitrogen and oxygen atoms in total. The Kier molecular flexibility index (Phi) is 9.21. The molecule has 0 spiro atoms. The fourth-order valence-electron chi connectivity index (χ4n) is 7.31. The van der Waals surface area contributed by atoms with Gasteiger partial charge in [-0.25, -0.2) is 18.6 Å².